The quantitative estimate of drug-likeness (QED) is 0.861. The maximum Gasteiger partial charge on any atom is 0.239 e. The summed E-state index contributed by atoms with van der Waals surface area (Å²) < 4.78 is 0. The number of aryl methyl sites for hydroxylation is 1. The Balaban J connectivity index is 2.07. The second kappa shape index (κ2) is 4.88. The molecule has 92 valence electrons. The zero-order chi connectivity index (χ0) is 12.4. The molecule has 17 heavy (non-hydrogen) atoms. The Hall–Kier alpha value is -1.35. The molecule has 1 aromatic rings. The summed E-state index contributed by atoms with van der Waals surface area (Å²) in [5, 5.41) is 0. The maximum absolute atomic E-state index is 12.0. The third-order valence-corrected chi connectivity index (χ3v) is 3.13. The minimum atomic E-state index is -0.402. The standard InChI is InChI=1S/C14H20N2O/c1-10-3-5-12(6-4-10)9-16(13-7-8-13)14(17)11(2)15/h3-6,11,13H,7-9,15H2,1-2H3/t11-/m1/s1. The molecule has 1 saturated carbocycles. The summed E-state index contributed by atoms with van der Waals surface area (Å²) in [6.07, 6.45) is 2.23. The Labute approximate surface area is 103 Å². The molecule has 1 aliphatic carbocycles. The lowest BCUT2D eigenvalue weighted by atomic mass is 10.1. The van der Waals surface area contributed by atoms with Crippen molar-refractivity contribution in [3.05, 3.63) is 35.4 Å². The van der Waals surface area contributed by atoms with Gasteiger partial charge in [0, 0.05) is 12.6 Å². The summed E-state index contributed by atoms with van der Waals surface area (Å²) in [7, 11) is 0. The zero-order valence-electron chi connectivity index (χ0n) is 10.5. The molecule has 3 heteroatoms. The Morgan fingerprint density at radius 3 is 2.47 bits per heavy atom. The van der Waals surface area contributed by atoms with Crippen LogP contribution in [0.2, 0.25) is 0 Å². The van der Waals surface area contributed by atoms with Crippen LogP contribution in [0.4, 0.5) is 0 Å². The van der Waals surface area contributed by atoms with E-state index in [0.29, 0.717) is 12.6 Å². The predicted octanol–water partition coefficient (Wildman–Crippen LogP) is 1.83. The molecule has 0 aromatic heterocycles. The Morgan fingerprint density at radius 2 is 2.00 bits per heavy atom. The van der Waals surface area contributed by atoms with E-state index in [1.165, 1.54) is 11.1 Å². The third-order valence-electron chi connectivity index (χ3n) is 3.13. The molecule has 0 heterocycles. The highest BCUT2D eigenvalue weighted by atomic mass is 16.2. The smallest absolute Gasteiger partial charge is 0.239 e. The van der Waals surface area contributed by atoms with Gasteiger partial charge >= 0.3 is 0 Å². The molecule has 0 saturated heterocycles. The van der Waals surface area contributed by atoms with Crippen molar-refractivity contribution in [1.82, 2.24) is 4.90 Å². The first-order valence-corrected chi connectivity index (χ1v) is 6.19. The van der Waals surface area contributed by atoms with Gasteiger partial charge in [0.25, 0.3) is 0 Å². The van der Waals surface area contributed by atoms with Crippen LogP contribution in [0.1, 0.15) is 30.9 Å². The topological polar surface area (TPSA) is 46.3 Å². The average Bonchev–Trinajstić information content (AvgIpc) is 3.11. The van der Waals surface area contributed by atoms with E-state index in [9.17, 15) is 4.79 Å². The Morgan fingerprint density at radius 1 is 1.41 bits per heavy atom. The lowest BCUT2D eigenvalue weighted by Gasteiger charge is -2.24. The molecule has 1 aliphatic rings. The number of hydrogen-bond acceptors (Lipinski definition) is 2. The molecule has 1 fully saturated rings. The molecule has 3 nitrogen and oxygen atoms in total. The van der Waals surface area contributed by atoms with Crippen LogP contribution < -0.4 is 5.73 Å². The van der Waals surface area contributed by atoms with Crippen molar-refractivity contribution in [2.75, 3.05) is 0 Å². The molecule has 2 N–H and O–H groups in total. The predicted molar refractivity (Wildman–Crippen MR) is 68.4 cm³/mol. The van der Waals surface area contributed by atoms with E-state index in [1.807, 2.05) is 4.90 Å². The summed E-state index contributed by atoms with van der Waals surface area (Å²) >= 11 is 0. The van der Waals surface area contributed by atoms with Gasteiger partial charge in [-0.05, 0) is 32.3 Å². The molecule has 1 amide bonds. The number of carbonyl (C=O) groups is 1. The van der Waals surface area contributed by atoms with Crippen LogP contribution in [-0.4, -0.2) is 22.9 Å². The first kappa shape index (κ1) is 12.1. The Kier molecular flexibility index (Phi) is 3.48. The fourth-order valence-corrected chi connectivity index (χ4v) is 1.92. The van der Waals surface area contributed by atoms with Gasteiger partial charge in [-0.3, -0.25) is 4.79 Å². The molecule has 1 aromatic carbocycles. The van der Waals surface area contributed by atoms with Crippen LogP contribution in [-0.2, 0) is 11.3 Å². The summed E-state index contributed by atoms with van der Waals surface area (Å²) in [5.74, 6) is 0.0630. The second-order valence-corrected chi connectivity index (χ2v) is 4.97. The minimum absolute atomic E-state index is 0.0630. The van der Waals surface area contributed by atoms with Crippen molar-refractivity contribution in [2.24, 2.45) is 5.73 Å². The minimum Gasteiger partial charge on any atom is -0.334 e. The van der Waals surface area contributed by atoms with Gasteiger partial charge in [0.05, 0.1) is 6.04 Å². The van der Waals surface area contributed by atoms with E-state index in [1.54, 1.807) is 6.92 Å². The molecule has 0 radical (unpaired) electrons. The number of amides is 1. The van der Waals surface area contributed by atoms with Crippen LogP contribution in [0.25, 0.3) is 0 Å². The molecule has 0 unspecified atom stereocenters. The van der Waals surface area contributed by atoms with Crippen molar-refractivity contribution in [2.45, 2.75) is 45.3 Å². The van der Waals surface area contributed by atoms with Crippen molar-refractivity contribution in [3.8, 4) is 0 Å². The number of nitrogens with two attached hydrogens (primary N) is 1. The average molecular weight is 232 g/mol. The number of carbonyl (C=O) groups excluding carboxylic acids is 1. The number of rotatable bonds is 4. The number of hydrogen-bond donors (Lipinski definition) is 1. The van der Waals surface area contributed by atoms with E-state index < -0.39 is 6.04 Å². The van der Waals surface area contributed by atoms with E-state index in [2.05, 4.69) is 31.2 Å². The van der Waals surface area contributed by atoms with Gasteiger partial charge in [0.15, 0.2) is 0 Å². The van der Waals surface area contributed by atoms with Gasteiger partial charge in [0.2, 0.25) is 5.91 Å². The van der Waals surface area contributed by atoms with Crippen molar-refractivity contribution < 1.29 is 4.79 Å². The van der Waals surface area contributed by atoms with Crippen LogP contribution in [0.5, 0.6) is 0 Å². The van der Waals surface area contributed by atoms with Gasteiger partial charge in [-0.15, -0.1) is 0 Å². The maximum atomic E-state index is 12.0. The molecule has 1 atom stereocenters. The summed E-state index contributed by atoms with van der Waals surface area (Å²) in [6, 6.07) is 8.34. The van der Waals surface area contributed by atoms with E-state index in [-0.39, 0.29) is 5.91 Å². The normalized spacial score (nSPS) is 16.6. The number of benzene rings is 1. The molecule has 0 spiro atoms. The lowest BCUT2D eigenvalue weighted by Crippen LogP contribution is -2.42. The highest BCUT2D eigenvalue weighted by molar-refractivity contribution is 5.81. The largest absolute Gasteiger partial charge is 0.334 e. The molecule has 0 bridgehead atoms. The number of nitrogens with zero attached hydrogens (tertiary/aromatic N) is 1. The summed E-state index contributed by atoms with van der Waals surface area (Å²) in [4.78, 5) is 13.9. The van der Waals surface area contributed by atoms with Crippen molar-refractivity contribution in [1.29, 1.82) is 0 Å². The molecule has 0 aliphatic heterocycles. The van der Waals surface area contributed by atoms with Crippen LogP contribution >= 0.6 is 0 Å². The zero-order valence-corrected chi connectivity index (χ0v) is 10.5. The SMILES string of the molecule is Cc1ccc(CN(C(=O)[C@@H](C)N)C2CC2)cc1. The molecular weight excluding hydrogens is 212 g/mol. The van der Waals surface area contributed by atoms with Gasteiger partial charge in [-0.1, -0.05) is 29.8 Å². The second-order valence-electron chi connectivity index (χ2n) is 4.97. The third kappa shape index (κ3) is 3.07. The van der Waals surface area contributed by atoms with E-state index in [0.717, 1.165) is 12.8 Å². The molecular formula is C14H20N2O. The summed E-state index contributed by atoms with van der Waals surface area (Å²) in [6.45, 7) is 4.51. The van der Waals surface area contributed by atoms with Crippen LogP contribution in [0.3, 0.4) is 0 Å². The van der Waals surface area contributed by atoms with Crippen molar-refractivity contribution in [3.63, 3.8) is 0 Å². The fourth-order valence-electron chi connectivity index (χ4n) is 1.92. The van der Waals surface area contributed by atoms with Crippen LogP contribution in [0, 0.1) is 6.92 Å². The monoisotopic (exact) mass is 232 g/mol. The van der Waals surface area contributed by atoms with Gasteiger partial charge < -0.3 is 10.6 Å². The van der Waals surface area contributed by atoms with Gasteiger partial charge in [-0.25, -0.2) is 0 Å². The highest BCUT2D eigenvalue weighted by Gasteiger charge is 2.33. The highest BCUT2D eigenvalue weighted by Crippen LogP contribution is 2.28. The van der Waals surface area contributed by atoms with Crippen LogP contribution in [0.15, 0.2) is 24.3 Å². The summed E-state index contributed by atoms with van der Waals surface area (Å²) in [5.41, 5.74) is 8.11. The first-order chi connectivity index (χ1) is 8.08. The van der Waals surface area contributed by atoms with E-state index in [4.69, 9.17) is 5.73 Å². The molecule has 2 rings (SSSR count). The van der Waals surface area contributed by atoms with Gasteiger partial charge in [0.1, 0.15) is 0 Å². The van der Waals surface area contributed by atoms with Crippen molar-refractivity contribution >= 4 is 5.91 Å². The van der Waals surface area contributed by atoms with E-state index >= 15 is 0 Å². The first-order valence-electron chi connectivity index (χ1n) is 6.19. The van der Waals surface area contributed by atoms with Gasteiger partial charge in [-0.2, -0.15) is 0 Å². The lowest BCUT2D eigenvalue weighted by molar-refractivity contribution is -0.133. The fraction of sp³-hybridized carbons (Fsp3) is 0.500. The Bertz CT molecular complexity index is 393.